The molecular weight excluding hydrogens is 592 g/mol. The van der Waals surface area contributed by atoms with Crippen LogP contribution in [0.2, 0.25) is 0 Å². The molecule has 5 aliphatic rings. The maximum absolute atomic E-state index is 13.5. The Labute approximate surface area is 258 Å². The van der Waals surface area contributed by atoms with Crippen molar-refractivity contribution in [3.8, 4) is 28.7 Å². The lowest BCUT2D eigenvalue weighted by molar-refractivity contribution is -0.141. The maximum Gasteiger partial charge on any atom is 0.415 e. The van der Waals surface area contributed by atoms with Crippen molar-refractivity contribution in [2.24, 2.45) is 11.8 Å². The second-order valence-corrected chi connectivity index (χ2v) is 11.3. The highest BCUT2D eigenvalue weighted by Gasteiger charge is 2.54. The summed E-state index contributed by atoms with van der Waals surface area (Å²) < 4.78 is 51.1. The van der Waals surface area contributed by atoms with Crippen LogP contribution < -0.4 is 23.7 Å². The molecular formula is C31H34N2O12. The molecule has 4 heterocycles. The van der Waals surface area contributed by atoms with Crippen molar-refractivity contribution in [3.63, 3.8) is 0 Å². The first kappa shape index (κ1) is 29.3. The maximum atomic E-state index is 13.5. The van der Waals surface area contributed by atoms with Crippen molar-refractivity contribution in [2.45, 2.75) is 12.0 Å². The second kappa shape index (κ2) is 12.2. The fourth-order valence-corrected chi connectivity index (χ4v) is 6.67. The van der Waals surface area contributed by atoms with Gasteiger partial charge in [-0.15, -0.1) is 0 Å². The Bertz CT molecular complexity index is 1460. The van der Waals surface area contributed by atoms with E-state index in [2.05, 4.69) is 0 Å². The molecule has 3 saturated heterocycles. The van der Waals surface area contributed by atoms with Crippen LogP contribution in [-0.2, 0) is 23.7 Å². The number of nitrogens with zero attached hydrogens (tertiary/aromatic N) is 2. The number of hydrogen-bond acceptors (Lipinski definition) is 12. The van der Waals surface area contributed by atoms with Gasteiger partial charge in [-0.05, 0) is 35.4 Å². The summed E-state index contributed by atoms with van der Waals surface area (Å²) in [7, 11) is 2.93. The number of cyclic esters (lactones) is 1. The summed E-state index contributed by atoms with van der Waals surface area (Å²) >= 11 is 0. The van der Waals surface area contributed by atoms with Crippen LogP contribution in [0, 0.1) is 11.8 Å². The Morgan fingerprint density at radius 3 is 1.96 bits per heavy atom. The number of rotatable bonds is 5. The number of morpholine rings is 2. The highest BCUT2D eigenvalue weighted by Crippen LogP contribution is 2.56. The number of hydrogen-bond donors (Lipinski definition) is 0. The van der Waals surface area contributed by atoms with Crippen molar-refractivity contribution in [1.82, 2.24) is 9.80 Å². The lowest BCUT2D eigenvalue weighted by atomic mass is 9.66. The van der Waals surface area contributed by atoms with E-state index in [1.165, 1.54) is 14.2 Å². The molecule has 0 bridgehead atoms. The van der Waals surface area contributed by atoms with Gasteiger partial charge in [0.05, 0.1) is 53.2 Å². The predicted molar refractivity (Wildman–Crippen MR) is 152 cm³/mol. The van der Waals surface area contributed by atoms with Gasteiger partial charge in [0.2, 0.25) is 12.5 Å². The Balaban J connectivity index is 1.30. The number of carbonyl (C=O) groups excluding carboxylic acids is 3. The minimum atomic E-state index is -0.782. The highest BCUT2D eigenvalue weighted by atomic mass is 16.7. The van der Waals surface area contributed by atoms with Crippen molar-refractivity contribution in [2.75, 3.05) is 80.2 Å². The number of carbonyl (C=O) groups is 3. The Hall–Kier alpha value is -4.43. The summed E-state index contributed by atoms with van der Waals surface area (Å²) in [6, 6.07) is 7.09. The zero-order valence-corrected chi connectivity index (χ0v) is 25.0. The van der Waals surface area contributed by atoms with Gasteiger partial charge in [-0.1, -0.05) is 0 Å². The zero-order valence-electron chi connectivity index (χ0n) is 25.0. The second-order valence-electron chi connectivity index (χ2n) is 11.3. The first-order valence-corrected chi connectivity index (χ1v) is 14.9. The smallest absolute Gasteiger partial charge is 0.415 e. The molecule has 2 aromatic carbocycles. The monoisotopic (exact) mass is 626 g/mol. The molecule has 2 aromatic rings. The summed E-state index contributed by atoms with van der Waals surface area (Å²) in [5.41, 5.74) is 2.05. The normalized spacial score (nSPS) is 25.2. The number of methoxy groups -OCH3 is 2. The third kappa shape index (κ3) is 5.31. The fourth-order valence-electron chi connectivity index (χ4n) is 6.67. The Kier molecular flexibility index (Phi) is 7.92. The van der Waals surface area contributed by atoms with Crippen molar-refractivity contribution < 1.29 is 57.0 Å². The van der Waals surface area contributed by atoms with Crippen molar-refractivity contribution >= 4 is 18.2 Å². The van der Waals surface area contributed by atoms with Gasteiger partial charge in [-0.3, -0.25) is 4.79 Å². The molecule has 45 heavy (non-hydrogen) atoms. The van der Waals surface area contributed by atoms with Crippen LogP contribution in [0.4, 0.5) is 9.59 Å². The molecule has 0 aromatic heterocycles. The molecule has 14 nitrogen and oxygen atoms in total. The quantitative estimate of drug-likeness (QED) is 0.451. The molecule has 240 valence electrons. The standard InChI is InChI=1S/C31H34N2O12/c1-37-23-11-17(12-24(38-2)28(23)45-31(36)33-5-9-40-10-6-33)25-18-13-21-22(43-16-42-21)14-19(18)27(20-15-41-29(34)26(20)25)44-30(35)32-3-7-39-8-4-32/h11-14,20,25-27H,3-10,15-16H2,1-2H3/t20-,25+,26-,27+/m0/s1. The van der Waals surface area contributed by atoms with Crippen LogP contribution in [0.5, 0.6) is 28.7 Å². The van der Waals surface area contributed by atoms with Gasteiger partial charge >= 0.3 is 18.2 Å². The minimum Gasteiger partial charge on any atom is -0.493 e. The van der Waals surface area contributed by atoms with Crippen molar-refractivity contribution in [3.05, 3.63) is 41.0 Å². The summed E-state index contributed by atoms with van der Waals surface area (Å²) in [5, 5.41) is 0. The number of benzene rings is 2. The molecule has 14 heteroatoms. The molecule has 0 spiro atoms. The highest BCUT2D eigenvalue weighted by molar-refractivity contribution is 5.80. The van der Waals surface area contributed by atoms with E-state index in [0.717, 1.165) is 0 Å². The van der Waals surface area contributed by atoms with E-state index in [0.29, 0.717) is 80.8 Å². The van der Waals surface area contributed by atoms with E-state index in [4.69, 9.17) is 42.6 Å². The van der Waals surface area contributed by atoms with Gasteiger partial charge in [0.15, 0.2) is 23.0 Å². The third-order valence-electron chi connectivity index (χ3n) is 8.92. The number of fused-ring (bicyclic) bond motifs is 3. The van der Waals surface area contributed by atoms with Crippen LogP contribution in [0.1, 0.15) is 28.7 Å². The molecule has 0 N–H and O–H groups in total. The Morgan fingerprint density at radius 2 is 1.36 bits per heavy atom. The first-order chi connectivity index (χ1) is 22.0. The molecule has 4 aliphatic heterocycles. The molecule has 0 saturated carbocycles. The first-order valence-electron chi connectivity index (χ1n) is 14.9. The summed E-state index contributed by atoms with van der Waals surface area (Å²) in [4.78, 5) is 42.9. The zero-order chi connectivity index (χ0) is 31.1. The fraction of sp³-hybridized carbons (Fsp3) is 0.516. The van der Waals surface area contributed by atoms with Gasteiger partial charge < -0.3 is 52.4 Å². The molecule has 3 fully saturated rings. The molecule has 1 aliphatic carbocycles. The lowest BCUT2D eigenvalue weighted by Crippen LogP contribution is -2.43. The third-order valence-corrected chi connectivity index (χ3v) is 8.92. The van der Waals surface area contributed by atoms with Crippen LogP contribution in [0.3, 0.4) is 0 Å². The van der Waals surface area contributed by atoms with E-state index in [-0.39, 0.29) is 30.6 Å². The summed E-state index contributed by atoms with van der Waals surface area (Å²) in [5.74, 6) is -0.548. The number of esters is 1. The van der Waals surface area contributed by atoms with Crippen LogP contribution in [0.25, 0.3) is 0 Å². The lowest BCUT2D eigenvalue weighted by Gasteiger charge is -2.39. The average molecular weight is 627 g/mol. The molecule has 0 unspecified atom stereocenters. The van der Waals surface area contributed by atoms with E-state index < -0.39 is 42.0 Å². The van der Waals surface area contributed by atoms with Crippen LogP contribution in [-0.4, -0.2) is 108 Å². The topological polar surface area (TPSA) is 141 Å². The van der Waals surface area contributed by atoms with Gasteiger partial charge in [-0.25, -0.2) is 9.59 Å². The Morgan fingerprint density at radius 1 is 0.778 bits per heavy atom. The SMILES string of the molecule is COc1cc([C@@H]2c3cc4c(cc3[C@@H](OC(=O)N3CCOCC3)[C@H]3COC(=O)[C@H]23)OCO4)cc(OC)c1OC(=O)N1CCOCC1. The summed E-state index contributed by atoms with van der Waals surface area (Å²) in [6.07, 6.45) is -1.82. The molecule has 2 amide bonds. The largest absolute Gasteiger partial charge is 0.493 e. The van der Waals surface area contributed by atoms with E-state index in [9.17, 15) is 14.4 Å². The van der Waals surface area contributed by atoms with Crippen LogP contribution in [0.15, 0.2) is 24.3 Å². The average Bonchev–Trinajstić information content (AvgIpc) is 3.70. The van der Waals surface area contributed by atoms with Gasteiger partial charge in [0, 0.05) is 43.6 Å². The summed E-state index contributed by atoms with van der Waals surface area (Å²) in [6.45, 7) is 3.42. The predicted octanol–water partition coefficient (Wildman–Crippen LogP) is 2.71. The van der Waals surface area contributed by atoms with Crippen LogP contribution >= 0.6 is 0 Å². The van der Waals surface area contributed by atoms with Gasteiger partial charge in [0.25, 0.3) is 0 Å². The molecule has 7 rings (SSSR count). The number of ether oxygens (including phenoxy) is 9. The van der Waals surface area contributed by atoms with E-state index in [1.807, 2.05) is 12.1 Å². The molecule has 4 atom stereocenters. The molecule has 0 radical (unpaired) electrons. The van der Waals surface area contributed by atoms with Gasteiger partial charge in [-0.2, -0.15) is 0 Å². The minimum absolute atomic E-state index is 0.0425. The van der Waals surface area contributed by atoms with E-state index in [1.54, 1.807) is 21.9 Å². The van der Waals surface area contributed by atoms with Crippen molar-refractivity contribution in [1.29, 1.82) is 0 Å². The van der Waals surface area contributed by atoms with Gasteiger partial charge in [0.1, 0.15) is 6.10 Å². The van der Waals surface area contributed by atoms with E-state index >= 15 is 0 Å². The number of amides is 2.